The summed E-state index contributed by atoms with van der Waals surface area (Å²) in [5, 5.41) is 18.6. The van der Waals surface area contributed by atoms with Gasteiger partial charge < -0.3 is 19.8 Å². The number of nitrogens with zero attached hydrogens (tertiary/aromatic N) is 1. The predicted molar refractivity (Wildman–Crippen MR) is 65.5 cm³/mol. The molecule has 102 valence electrons. The first-order valence-electron chi connectivity index (χ1n) is 5.94. The van der Waals surface area contributed by atoms with Gasteiger partial charge in [0.15, 0.2) is 0 Å². The molecule has 1 saturated heterocycles. The summed E-state index contributed by atoms with van der Waals surface area (Å²) in [6, 6.07) is 6.18. The van der Waals surface area contributed by atoms with Crippen molar-refractivity contribution in [3.05, 3.63) is 29.8 Å². The first kappa shape index (κ1) is 13.4. The van der Waals surface area contributed by atoms with Crippen LogP contribution in [0.4, 0.5) is 0 Å². The first-order chi connectivity index (χ1) is 9.08. The van der Waals surface area contributed by atoms with Gasteiger partial charge >= 0.3 is 5.97 Å². The SMILES string of the molecule is O=C(O)CC1COCC(=O)N1Cc1ccccc1O. The second-order valence-corrected chi connectivity index (χ2v) is 4.42. The minimum Gasteiger partial charge on any atom is -0.508 e. The highest BCUT2D eigenvalue weighted by atomic mass is 16.5. The van der Waals surface area contributed by atoms with Crippen LogP contribution < -0.4 is 0 Å². The number of phenolic OH excluding ortho intramolecular Hbond substituents is 1. The fraction of sp³-hybridized carbons (Fsp3) is 0.385. The van der Waals surface area contributed by atoms with Crippen molar-refractivity contribution < 1.29 is 24.5 Å². The summed E-state index contributed by atoms with van der Waals surface area (Å²) in [6.07, 6.45) is -0.167. The Hall–Kier alpha value is -2.08. The van der Waals surface area contributed by atoms with Crippen LogP contribution in [0.2, 0.25) is 0 Å². The van der Waals surface area contributed by atoms with Gasteiger partial charge in [-0.25, -0.2) is 0 Å². The van der Waals surface area contributed by atoms with Crippen LogP contribution in [0.3, 0.4) is 0 Å². The highest BCUT2D eigenvalue weighted by Crippen LogP contribution is 2.21. The van der Waals surface area contributed by atoms with E-state index in [2.05, 4.69) is 0 Å². The van der Waals surface area contributed by atoms with Crippen LogP contribution in [0, 0.1) is 0 Å². The van der Waals surface area contributed by atoms with Crippen molar-refractivity contribution in [2.24, 2.45) is 0 Å². The predicted octanol–water partition coefficient (Wildman–Crippen LogP) is 0.594. The molecule has 1 atom stereocenters. The van der Waals surface area contributed by atoms with Crippen molar-refractivity contribution >= 4 is 11.9 Å². The Morgan fingerprint density at radius 2 is 2.16 bits per heavy atom. The third-order valence-corrected chi connectivity index (χ3v) is 3.04. The van der Waals surface area contributed by atoms with Gasteiger partial charge in [-0.3, -0.25) is 9.59 Å². The van der Waals surface area contributed by atoms with Gasteiger partial charge in [0.1, 0.15) is 12.4 Å². The number of morpholine rings is 1. The smallest absolute Gasteiger partial charge is 0.305 e. The van der Waals surface area contributed by atoms with E-state index >= 15 is 0 Å². The van der Waals surface area contributed by atoms with Gasteiger partial charge in [-0.2, -0.15) is 0 Å². The molecule has 0 aromatic heterocycles. The molecule has 1 amide bonds. The molecule has 1 aromatic carbocycles. The van der Waals surface area contributed by atoms with Crippen LogP contribution in [-0.4, -0.2) is 46.2 Å². The van der Waals surface area contributed by atoms with E-state index in [0.717, 1.165) is 0 Å². The molecule has 6 nitrogen and oxygen atoms in total. The first-order valence-corrected chi connectivity index (χ1v) is 5.94. The fourth-order valence-corrected chi connectivity index (χ4v) is 2.07. The number of ether oxygens (including phenoxy) is 1. The molecule has 1 fully saturated rings. The van der Waals surface area contributed by atoms with Crippen molar-refractivity contribution in [1.29, 1.82) is 0 Å². The van der Waals surface area contributed by atoms with Crippen LogP contribution in [0.1, 0.15) is 12.0 Å². The molecule has 1 aliphatic heterocycles. The number of phenols is 1. The third-order valence-electron chi connectivity index (χ3n) is 3.04. The van der Waals surface area contributed by atoms with Crippen LogP contribution in [0.25, 0.3) is 0 Å². The normalized spacial score (nSPS) is 19.5. The van der Waals surface area contributed by atoms with Gasteiger partial charge in [0.05, 0.1) is 19.1 Å². The van der Waals surface area contributed by atoms with E-state index in [1.807, 2.05) is 0 Å². The number of rotatable bonds is 4. The van der Waals surface area contributed by atoms with Crippen molar-refractivity contribution in [1.82, 2.24) is 4.90 Å². The Morgan fingerprint density at radius 3 is 2.84 bits per heavy atom. The number of carboxylic acids is 1. The summed E-state index contributed by atoms with van der Waals surface area (Å²) in [4.78, 5) is 24.1. The Morgan fingerprint density at radius 1 is 1.42 bits per heavy atom. The zero-order chi connectivity index (χ0) is 13.8. The molecule has 0 aliphatic carbocycles. The Kier molecular flexibility index (Phi) is 4.01. The molecule has 1 heterocycles. The van der Waals surface area contributed by atoms with Crippen LogP contribution >= 0.6 is 0 Å². The Balaban J connectivity index is 2.16. The van der Waals surface area contributed by atoms with Gasteiger partial charge in [-0.15, -0.1) is 0 Å². The second kappa shape index (κ2) is 5.71. The van der Waals surface area contributed by atoms with Crippen LogP contribution in [0.5, 0.6) is 5.75 Å². The minimum absolute atomic E-state index is 0.0519. The maximum atomic E-state index is 11.8. The largest absolute Gasteiger partial charge is 0.508 e. The lowest BCUT2D eigenvalue weighted by Crippen LogP contribution is -2.49. The average Bonchev–Trinajstić information content (AvgIpc) is 2.35. The number of carbonyl (C=O) groups excluding carboxylic acids is 1. The van der Waals surface area contributed by atoms with Gasteiger partial charge in [0.25, 0.3) is 0 Å². The maximum Gasteiger partial charge on any atom is 0.305 e. The molecule has 1 unspecified atom stereocenters. The molecule has 2 N–H and O–H groups in total. The molecule has 0 spiro atoms. The number of carboxylic acid groups (broad SMARTS) is 1. The van der Waals surface area contributed by atoms with Crippen molar-refractivity contribution in [2.45, 2.75) is 19.0 Å². The van der Waals surface area contributed by atoms with E-state index in [4.69, 9.17) is 9.84 Å². The molecular formula is C13H15NO5. The number of para-hydroxylation sites is 1. The standard InChI is InChI=1S/C13H15NO5/c15-11-4-2-1-3-9(11)6-14-10(5-13(17)18)7-19-8-12(14)16/h1-4,10,15H,5-8H2,(H,17,18). The second-order valence-electron chi connectivity index (χ2n) is 4.42. The lowest BCUT2D eigenvalue weighted by molar-refractivity contribution is -0.152. The lowest BCUT2D eigenvalue weighted by atomic mass is 10.1. The van der Waals surface area contributed by atoms with Crippen molar-refractivity contribution in [3.8, 4) is 5.75 Å². The molecule has 6 heteroatoms. The number of hydrogen-bond acceptors (Lipinski definition) is 4. The van der Waals surface area contributed by atoms with Gasteiger partial charge in [0, 0.05) is 12.1 Å². The Bertz CT molecular complexity index is 488. The van der Waals surface area contributed by atoms with E-state index in [9.17, 15) is 14.7 Å². The third kappa shape index (κ3) is 3.23. The fourth-order valence-electron chi connectivity index (χ4n) is 2.07. The van der Waals surface area contributed by atoms with Gasteiger partial charge in [-0.05, 0) is 6.07 Å². The zero-order valence-electron chi connectivity index (χ0n) is 10.3. The van der Waals surface area contributed by atoms with E-state index < -0.39 is 12.0 Å². The summed E-state index contributed by atoms with van der Waals surface area (Å²) in [6.45, 7) is 0.335. The van der Waals surface area contributed by atoms with E-state index in [0.29, 0.717) is 5.56 Å². The summed E-state index contributed by atoms with van der Waals surface area (Å²) in [5.74, 6) is -1.15. The molecule has 19 heavy (non-hydrogen) atoms. The highest BCUT2D eigenvalue weighted by Gasteiger charge is 2.30. The number of benzene rings is 1. The quantitative estimate of drug-likeness (QED) is 0.832. The van der Waals surface area contributed by atoms with Gasteiger partial charge in [0.2, 0.25) is 5.91 Å². The lowest BCUT2D eigenvalue weighted by Gasteiger charge is -2.34. The maximum absolute atomic E-state index is 11.8. The van der Waals surface area contributed by atoms with E-state index in [-0.39, 0.29) is 37.8 Å². The average molecular weight is 265 g/mol. The minimum atomic E-state index is -0.981. The monoisotopic (exact) mass is 265 g/mol. The van der Waals surface area contributed by atoms with E-state index in [1.165, 1.54) is 11.0 Å². The summed E-state index contributed by atoms with van der Waals surface area (Å²) in [5.41, 5.74) is 0.591. The molecule has 1 aliphatic rings. The summed E-state index contributed by atoms with van der Waals surface area (Å²) < 4.78 is 5.08. The molecular weight excluding hydrogens is 250 g/mol. The molecule has 0 radical (unpaired) electrons. The summed E-state index contributed by atoms with van der Waals surface area (Å²) in [7, 11) is 0. The number of carbonyl (C=O) groups is 2. The van der Waals surface area contributed by atoms with Crippen LogP contribution in [-0.2, 0) is 20.9 Å². The number of aromatic hydroxyl groups is 1. The van der Waals surface area contributed by atoms with Crippen LogP contribution in [0.15, 0.2) is 24.3 Å². The van der Waals surface area contributed by atoms with Gasteiger partial charge in [-0.1, -0.05) is 18.2 Å². The number of aliphatic carboxylic acids is 1. The molecule has 2 rings (SSSR count). The topological polar surface area (TPSA) is 87.1 Å². The van der Waals surface area contributed by atoms with Crippen molar-refractivity contribution in [3.63, 3.8) is 0 Å². The zero-order valence-corrected chi connectivity index (χ0v) is 10.3. The molecule has 0 bridgehead atoms. The van der Waals surface area contributed by atoms with Crippen molar-refractivity contribution in [2.75, 3.05) is 13.2 Å². The van der Waals surface area contributed by atoms with E-state index in [1.54, 1.807) is 18.2 Å². The Labute approximate surface area is 110 Å². The highest BCUT2D eigenvalue weighted by molar-refractivity contribution is 5.79. The number of amides is 1. The summed E-state index contributed by atoms with van der Waals surface area (Å²) >= 11 is 0. The molecule has 0 saturated carbocycles. The molecule has 1 aromatic rings. The number of hydrogen-bond donors (Lipinski definition) is 2.